The molecule has 0 fully saturated rings. The highest BCUT2D eigenvalue weighted by Crippen LogP contribution is 2.52. The summed E-state index contributed by atoms with van der Waals surface area (Å²) in [5.41, 5.74) is -2.01. The fourth-order valence-electron chi connectivity index (χ4n) is 2.65. The Bertz CT molecular complexity index is 415. The van der Waals surface area contributed by atoms with Gasteiger partial charge in [0.05, 0.1) is 0 Å². The third-order valence-electron chi connectivity index (χ3n) is 3.83. The van der Waals surface area contributed by atoms with E-state index in [9.17, 15) is 40.7 Å². The normalized spacial score (nSPS) is 16.3. The molecule has 0 aliphatic heterocycles. The monoisotopic (exact) mass is 373 g/mol. The zero-order valence-corrected chi connectivity index (χ0v) is 14.1. The van der Waals surface area contributed by atoms with Crippen LogP contribution >= 0.6 is 7.75 Å². The minimum Gasteiger partial charge on any atom is -0.312 e. The topological polar surface area (TPSA) is 60.8 Å². The zero-order valence-electron chi connectivity index (χ0n) is 13.2. The molecule has 4 nitrogen and oxygen atoms in total. The second-order valence-corrected chi connectivity index (χ2v) is 7.56. The van der Waals surface area contributed by atoms with Gasteiger partial charge in [-0.05, 0) is 33.1 Å². The molecule has 1 unspecified atom stereocenters. The fourth-order valence-corrected chi connectivity index (χ4v) is 4.16. The molecule has 0 spiro atoms. The minimum atomic E-state index is -5.06. The SMILES string of the molecule is CCC(C)N(C(C)(C)C(CC(F)(F)F)CC(F)(F)F)P(=O)(O)O. The molecule has 0 aromatic carbocycles. The van der Waals surface area contributed by atoms with Crippen LogP contribution in [-0.2, 0) is 4.57 Å². The van der Waals surface area contributed by atoms with Crippen LogP contribution in [0.25, 0.3) is 0 Å². The van der Waals surface area contributed by atoms with E-state index >= 15 is 0 Å². The zero-order chi connectivity index (χ0) is 18.9. The van der Waals surface area contributed by atoms with E-state index in [1.165, 1.54) is 13.8 Å². The van der Waals surface area contributed by atoms with Gasteiger partial charge in [-0.2, -0.15) is 26.3 Å². The Morgan fingerprint density at radius 2 is 1.35 bits per heavy atom. The highest BCUT2D eigenvalue weighted by molar-refractivity contribution is 7.49. The highest BCUT2D eigenvalue weighted by Gasteiger charge is 2.52. The first-order valence-electron chi connectivity index (χ1n) is 6.90. The third-order valence-corrected chi connectivity index (χ3v) is 5.31. The molecule has 0 amide bonds. The van der Waals surface area contributed by atoms with E-state index in [2.05, 4.69) is 0 Å². The van der Waals surface area contributed by atoms with Crippen LogP contribution < -0.4 is 0 Å². The number of nitrogens with zero attached hydrogens (tertiary/aromatic N) is 1. The van der Waals surface area contributed by atoms with Gasteiger partial charge in [-0.1, -0.05) is 6.92 Å². The van der Waals surface area contributed by atoms with Crippen molar-refractivity contribution >= 4 is 7.75 Å². The Kier molecular flexibility index (Phi) is 7.19. The molecule has 0 aromatic rings. The molecule has 1 atom stereocenters. The molecule has 0 rings (SSSR count). The molecule has 0 aliphatic rings. The molecular formula is C12H22F6NO3P. The van der Waals surface area contributed by atoms with Gasteiger partial charge in [0.15, 0.2) is 0 Å². The van der Waals surface area contributed by atoms with Gasteiger partial charge in [0.1, 0.15) is 0 Å². The van der Waals surface area contributed by atoms with Crippen LogP contribution in [0.3, 0.4) is 0 Å². The van der Waals surface area contributed by atoms with Crippen molar-refractivity contribution in [3.05, 3.63) is 0 Å². The fraction of sp³-hybridized carbons (Fsp3) is 1.00. The van der Waals surface area contributed by atoms with Gasteiger partial charge < -0.3 is 9.79 Å². The molecule has 11 heteroatoms. The number of alkyl halides is 6. The Hall–Kier alpha value is -0.310. The lowest BCUT2D eigenvalue weighted by Gasteiger charge is -2.47. The molecular weight excluding hydrogens is 351 g/mol. The van der Waals surface area contributed by atoms with Crippen LogP contribution in [-0.4, -0.2) is 38.4 Å². The summed E-state index contributed by atoms with van der Waals surface area (Å²) in [7, 11) is -5.06. The van der Waals surface area contributed by atoms with Crippen molar-refractivity contribution in [3.63, 3.8) is 0 Å². The van der Waals surface area contributed by atoms with Crippen molar-refractivity contribution in [2.24, 2.45) is 5.92 Å². The molecule has 0 saturated heterocycles. The first-order valence-corrected chi connectivity index (χ1v) is 8.47. The van der Waals surface area contributed by atoms with E-state index in [0.717, 1.165) is 13.8 Å². The average Bonchev–Trinajstić information content (AvgIpc) is 2.21. The van der Waals surface area contributed by atoms with Crippen molar-refractivity contribution in [2.45, 2.75) is 70.9 Å². The van der Waals surface area contributed by atoms with Crippen molar-refractivity contribution in [3.8, 4) is 0 Å². The molecule has 2 N–H and O–H groups in total. The van der Waals surface area contributed by atoms with Crippen LogP contribution in [0.4, 0.5) is 26.3 Å². The molecule has 140 valence electrons. The van der Waals surface area contributed by atoms with Crippen LogP contribution in [0.15, 0.2) is 0 Å². The molecule has 23 heavy (non-hydrogen) atoms. The summed E-state index contributed by atoms with van der Waals surface area (Å²) < 4.78 is 88.2. The maximum absolute atomic E-state index is 12.7. The summed E-state index contributed by atoms with van der Waals surface area (Å²) in [6.07, 6.45) is -13.2. The van der Waals surface area contributed by atoms with Crippen molar-refractivity contribution in [2.75, 3.05) is 0 Å². The van der Waals surface area contributed by atoms with Crippen LogP contribution in [0.2, 0.25) is 0 Å². The van der Waals surface area contributed by atoms with Gasteiger partial charge in [0.25, 0.3) is 0 Å². The average molecular weight is 373 g/mol. The van der Waals surface area contributed by atoms with Gasteiger partial charge in [-0.3, -0.25) is 0 Å². The Morgan fingerprint density at radius 3 is 1.57 bits per heavy atom. The van der Waals surface area contributed by atoms with Crippen molar-refractivity contribution in [1.29, 1.82) is 0 Å². The molecule has 0 saturated carbocycles. The number of rotatable bonds is 7. The van der Waals surface area contributed by atoms with E-state index < -0.39 is 50.4 Å². The second-order valence-electron chi connectivity index (χ2n) is 6.10. The maximum Gasteiger partial charge on any atom is 0.403 e. The van der Waals surface area contributed by atoms with E-state index in [0.29, 0.717) is 4.67 Å². The van der Waals surface area contributed by atoms with Crippen LogP contribution in [0, 0.1) is 5.92 Å². The number of hydrogen-bond donors (Lipinski definition) is 2. The van der Waals surface area contributed by atoms with Crippen molar-refractivity contribution in [1.82, 2.24) is 4.67 Å². The Labute approximate surface area is 131 Å². The maximum atomic E-state index is 12.7. The standard InChI is InChI=1S/C12H22F6NO3P/c1-5-8(2)19(23(20,21)22)10(3,4)9(6-11(13,14)15)7-12(16,17)18/h8-9H,5-7H2,1-4H3,(H2,20,21,22). The lowest BCUT2D eigenvalue weighted by atomic mass is 9.81. The molecule has 0 heterocycles. The minimum absolute atomic E-state index is 0.152. The van der Waals surface area contributed by atoms with E-state index in [1.807, 2.05) is 0 Å². The lowest BCUT2D eigenvalue weighted by Crippen LogP contribution is -2.53. The predicted molar refractivity (Wildman–Crippen MR) is 72.5 cm³/mol. The summed E-state index contributed by atoms with van der Waals surface area (Å²) in [5, 5.41) is 0. The quantitative estimate of drug-likeness (QED) is 0.510. The summed E-state index contributed by atoms with van der Waals surface area (Å²) >= 11 is 0. The van der Waals surface area contributed by atoms with Gasteiger partial charge in [-0.25, -0.2) is 9.24 Å². The highest BCUT2D eigenvalue weighted by atomic mass is 31.2. The summed E-state index contributed by atoms with van der Waals surface area (Å²) in [4.78, 5) is 18.9. The Balaban J connectivity index is 5.89. The van der Waals surface area contributed by atoms with Crippen molar-refractivity contribution < 1.29 is 40.7 Å². The first kappa shape index (κ1) is 22.7. The van der Waals surface area contributed by atoms with Crippen LogP contribution in [0.1, 0.15) is 47.0 Å². The smallest absolute Gasteiger partial charge is 0.312 e. The van der Waals surface area contributed by atoms with Gasteiger partial charge in [0.2, 0.25) is 0 Å². The predicted octanol–water partition coefficient (Wildman–Crippen LogP) is 4.48. The van der Waals surface area contributed by atoms with Gasteiger partial charge in [0, 0.05) is 24.4 Å². The number of hydrogen-bond acceptors (Lipinski definition) is 1. The largest absolute Gasteiger partial charge is 0.403 e. The molecule has 0 aromatic heterocycles. The van der Waals surface area contributed by atoms with E-state index in [-0.39, 0.29) is 6.42 Å². The molecule has 0 radical (unpaired) electrons. The molecule has 0 bridgehead atoms. The summed E-state index contributed by atoms with van der Waals surface area (Å²) in [5.74, 6) is -2.05. The van der Waals surface area contributed by atoms with E-state index in [1.54, 1.807) is 0 Å². The third kappa shape index (κ3) is 7.41. The second kappa shape index (κ2) is 7.29. The van der Waals surface area contributed by atoms with E-state index in [4.69, 9.17) is 0 Å². The van der Waals surface area contributed by atoms with Gasteiger partial charge in [-0.15, -0.1) is 0 Å². The van der Waals surface area contributed by atoms with Crippen LogP contribution in [0.5, 0.6) is 0 Å². The lowest BCUT2D eigenvalue weighted by molar-refractivity contribution is -0.186. The Morgan fingerprint density at radius 1 is 1.00 bits per heavy atom. The summed E-state index contributed by atoms with van der Waals surface area (Å²) in [6.45, 7) is 4.88. The molecule has 0 aliphatic carbocycles. The number of halogens is 6. The summed E-state index contributed by atoms with van der Waals surface area (Å²) in [6, 6.07) is -0.894. The first-order chi connectivity index (χ1) is 9.92. The van der Waals surface area contributed by atoms with Gasteiger partial charge >= 0.3 is 20.1 Å².